The fraction of sp³-hybridized carbons (Fsp3) is 0.487. The molecule has 2 bridgehead atoms. The minimum atomic E-state index is -1.56. The largest absolute Gasteiger partial charge is 0.497 e. The predicted octanol–water partition coefficient (Wildman–Crippen LogP) is 6.61. The van der Waals surface area contributed by atoms with Gasteiger partial charge in [-0.2, -0.15) is 9.37 Å². The van der Waals surface area contributed by atoms with Gasteiger partial charge in [-0.1, -0.05) is 17.3 Å². The first-order valence-corrected chi connectivity index (χ1v) is 18.4. The van der Waals surface area contributed by atoms with Crippen molar-refractivity contribution in [3.05, 3.63) is 76.9 Å². The summed E-state index contributed by atoms with van der Waals surface area (Å²) in [5, 5.41) is 15.7. The maximum atomic E-state index is 15.1. The minimum Gasteiger partial charge on any atom is -0.497 e. The zero-order chi connectivity index (χ0) is 39.0. The van der Waals surface area contributed by atoms with Crippen molar-refractivity contribution in [3.63, 3.8) is 0 Å². The van der Waals surface area contributed by atoms with Gasteiger partial charge >= 0.3 is 6.09 Å². The van der Waals surface area contributed by atoms with Crippen LogP contribution >= 0.6 is 0 Å². The van der Waals surface area contributed by atoms with E-state index in [1.165, 1.54) is 7.11 Å². The van der Waals surface area contributed by atoms with Crippen LogP contribution in [0.5, 0.6) is 11.5 Å². The first-order valence-electron chi connectivity index (χ1n) is 18.4. The van der Waals surface area contributed by atoms with Gasteiger partial charge in [-0.25, -0.2) is 13.6 Å². The molecule has 55 heavy (non-hydrogen) atoms. The molecule has 292 valence electrons. The molecule has 0 unspecified atom stereocenters. The van der Waals surface area contributed by atoms with E-state index in [4.69, 9.17) is 23.7 Å². The highest BCUT2D eigenvalue weighted by atomic mass is 19.2. The van der Waals surface area contributed by atoms with E-state index in [2.05, 4.69) is 25.6 Å². The maximum absolute atomic E-state index is 15.1. The minimum absolute atomic E-state index is 0.210. The summed E-state index contributed by atoms with van der Waals surface area (Å²) in [4.78, 5) is 33.9. The molecule has 3 heterocycles. The molecule has 1 aliphatic heterocycles. The Labute approximate surface area is 316 Å². The average molecular weight is 764 g/mol. The van der Waals surface area contributed by atoms with Crippen molar-refractivity contribution in [2.24, 2.45) is 5.41 Å². The van der Waals surface area contributed by atoms with Crippen LogP contribution in [0.3, 0.4) is 0 Å². The number of carbonyl (C=O) groups excluding carboxylic acids is 2. The fourth-order valence-electron chi connectivity index (χ4n) is 7.57. The molecular formula is C39H44F3N7O6. The number of aromatic nitrogens is 4. The van der Waals surface area contributed by atoms with Crippen molar-refractivity contribution in [2.75, 3.05) is 44.7 Å². The molecule has 4 aliphatic rings. The summed E-state index contributed by atoms with van der Waals surface area (Å²) in [6, 6.07) is 11.0. The lowest BCUT2D eigenvalue weighted by Gasteiger charge is -2.51. The van der Waals surface area contributed by atoms with E-state index in [-0.39, 0.29) is 30.1 Å². The summed E-state index contributed by atoms with van der Waals surface area (Å²) in [6.07, 6.45) is 4.11. The SMILES string of the molecule is COc1ccc(COc2c(F)cc(C(=O)NCC34CCC(c5nc(-c6ccc(N7CCN(C(=O)OC(C)(C)C)CC7)nn6)no5)(CC3)CC4)c(F)c2F)cc1. The molecule has 3 aliphatic carbocycles. The first kappa shape index (κ1) is 37.9. The van der Waals surface area contributed by atoms with Gasteiger partial charge in [0.25, 0.3) is 5.91 Å². The van der Waals surface area contributed by atoms with Crippen molar-refractivity contribution >= 4 is 17.8 Å². The highest BCUT2D eigenvalue weighted by Gasteiger charge is 2.52. The second-order valence-corrected chi connectivity index (χ2v) is 15.6. The third-order valence-corrected chi connectivity index (χ3v) is 10.9. The van der Waals surface area contributed by atoms with Gasteiger partial charge in [0.1, 0.15) is 23.7 Å². The van der Waals surface area contributed by atoms with Crippen LogP contribution in [0.4, 0.5) is 23.8 Å². The molecule has 1 N–H and O–H groups in total. The maximum Gasteiger partial charge on any atom is 0.410 e. The van der Waals surface area contributed by atoms with E-state index in [0.717, 1.165) is 38.5 Å². The number of ether oxygens (including phenoxy) is 3. The highest BCUT2D eigenvalue weighted by Crippen LogP contribution is 2.57. The van der Waals surface area contributed by atoms with Gasteiger partial charge in [-0.3, -0.25) is 4.79 Å². The molecule has 0 atom stereocenters. The zero-order valence-corrected chi connectivity index (χ0v) is 31.3. The van der Waals surface area contributed by atoms with Gasteiger partial charge in [-0.15, -0.1) is 10.2 Å². The van der Waals surface area contributed by atoms with Crippen LogP contribution in [-0.2, 0) is 16.8 Å². The Hall–Kier alpha value is -5.41. The molecule has 3 saturated carbocycles. The lowest BCUT2D eigenvalue weighted by Crippen LogP contribution is -2.50. The van der Waals surface area contributed by atoms with Crippen molar-refractivity contribution in [2.45, 2.75) is 76.9 Å². The number of piperazine rings is 1. The fourth-order valence-corrected chi connectivity index (χ4v) is 7.57. The number of halogens is 3. The van der Waals surface area contributed by atoms with E-state index in [1.807, 2.05) is 26.8 Å². The molecule has 2 aromatic heterocycles. The van der Waals surface area contributed by atoms with E-state index in [1.54, 1.807) is 35.2 Å². The Kier molecular flexibility index (Phi) is 10.3. The van der Waals surface area contributed by atoms with Gasteiger partial charge in [-0.05, 0) is 101 Å². The molecule has 8 rings (SSSR count). The first-order chi connectivity index (χ1) is 26.3. The molecule has 1 saturated heterocycles. The Balaban J connectivity index is 0.916. The molecule has 2 amide bonds. The van der Waals surface area contributed by atoms with E-state index in [9.17, 15) is 18.4 Å². The van der Waals surface area contributed by atoms with Gasteiger partial charge in [0.05, 0.1) is 12.7 Å². The van der Waals surface area contributed by atoms with Gasteiger partial charge in [0.2, 0.25) is 17.5 Å². The lowest BCUT2D eigenvalue weighted by molar-refractivity contribution is 0.0228. The number of hydrogen-bond acceptors (Lipinski definition) is 11. The van der Waals surface area contributed by atoms with Crippen LogP contribution in [0.25, 0.3) is 11.5 Å². The number of methoxy groups -OCH3 is 1. The molecule has 0 radical (unpaired) electrons. The second-order valence-electron chi connectivity index (χ2n) is 15.6. The number of nitrogens with one attached hydrogen (secondary N) is 1. The lowest BCUT2D eigenvalue weighted by atomic mass is 9.53. The third-order valence-electron chi connectivity index (χ3n) is 10.9. The smallest absolute Gasteiger partial charge is 0.410 e. The quantitative estimate of drug-likeness (QED) is 0.174. The Morgan fingerprint density at radius 3 is 2.22 bits per heavy atom. The zero-order valence-electron chi connectivity index (χ0n) is 31.3. The molecule has 0 spiro atoms. The summed E-state index contributed by atoms with van der Waals surface area (Å²) < 4.78 is 66.6. The van der Waals surface area contributed by atoms with Gasteiger partial charge in [0.15, 0.2) is 23.2 Å². The van der Waals surface area contributed by atoms with Crippen molar-refractivity contribution < 1.29 is 41.5 Å². The van der Waals surface area contributed by atoms with Gasteiger partial charge < -0.3 is 33.9 Å². The van der Waals surface area contributed by atoms with Crippen LogP contribution < -0.4 is 19.7 Å². The van der Waals surface area contributed by atoms with Crippen LogP contribution in [0.15, 0.2) is 47.0 Å². The number of hydrogen-bond donors (Lipinski definition) is 1. The van der Waals surface area contributed by atoms with Crippen LogP contribution in [0.2, 0.25) is 0 Å². The number of rotatable bonds is 10. The molecule has 4 aromatic rings. The van der Waals surface area contributed by atoms with E-state index >= 15 is 4.39 Å². The van der Waals surface area contributed by atoms with Crippen molar-refractivity contribution in [1.29, 1.82) is 0 Å². The van der Waals surface area contributed by atoms with Crippen molar-refractivity contribution in [1.82, 2.24) is 30.6 Å². The second kappa shape index (κ2) is 15.0. The van der Waals surface area contributed by atoms with Gasteiger partial charge in [0, 0.05) is 38.1 Å². The molecule has 4 fully saturated rings. The normalized spacial score (nSPS) is 21.0. The summed E-state index contributed by atoms with van der Waals surface area (Å²) >= 11 is 0. The number of anilines is 1. The van der Waals surface area contributed by atoms with E-state index < -0.39 is 40.3 Å². The number of amides is 2. The standard InChI is InChI=1S/C39H44F3N7O6/c1-37(2,3)54-36(51)49-19-17-48(18-20-49)29-10-9-28(45-46-29)33-44-35(55-47-33)39-14-11-38(12-15-39,13-16-39)23-43-34(50)26-21-27(40)32(31(42)30(26)41)53-22-24-5-7-25(52-4)8-6-24/h5-10,21H,11-20,22-23H2,1-4H3,(H,43,50). The van der Waals surface area contributed by atoms with E-state index in [0.29, 0.717) is 66.8 Å². The Morgan fingerprint density at radius 1 is 0.909 bits per heavy atom. The number of fused-ring (bicyclic) bond motifs is 3. The van der Waals surface area contributed by atoms with Crippen LogP contribution in [-0.4, -0.2) is 82.7 Å². The molecule has 13 nitrogen and oxygen atoms in total. The average Bonchev–Trinajstić information content (AvgIpc) is 3.70. The summed E-state index contributed by atoms with van der Waals surface area (Å²) in [5.74, 6) is -3.84. The molecule has 2 aromatic carbocycles. The third kappa shape index (κ3) is 8.03. The number of benzene rings is 2. The van der Waals surface area contributed by atoms with Crippen LogP contribution in [0.1, 0.15) is 81.1 Å². The van der Waals surface area contributed by atoms with Crippen molar-refractivity contribution in [3.8, 4) is 23.0 Å². The topological polar surface area (TPSA) is 145 Å². The predicted molar refractivity (Wildman–Crippen MR) is 193 cm³/mol. The Morgan fingerprint density at radius 2 is 1.60 bits per heavy atom. The van der Waals surface area contributed by atoms with Crippen LogP contribution in [0, 0.1) is 22.9 Å². The highest BCUT2D eigenvalue weighted by molar-refractivity contribution is 5.94. The number of nitrogens with zero attached hydrogens (tertiary/aromatic N) is 6. The monoisotopic (exact) mass is 763 g/mol. The summed E-state index contributed by atoms with van der Waals surface area (Å²) in [7, 11) is 1.51. The Bertz CT molecular complexity index is 2000. The number of carbonyl (C=O) groups is 2. The summed E-state index contributed by atoms with van der Waals surface area (Å²) in [5.41, 5.74) is -0.783. The molecule has 16 heteroatoms. The molecular weight excluding hydrogens is 719 g/mol. The summed E-state index contributed by atoms with van der Waals surface area (Å²) in [6.45, 7) is 7.76.